The minimum atomic E-state index is -1.21. The van der Waals surface area contributed by atoms with Crippen LogP contribution < -0.4 is 4.74 Å². The van der Waals surface area contributed by atoms with Gasteiger partial charge in [-0.2, -0.15) is 0 Å². The van der Waals surface area contributed by atoms with Crippen LogP contribution in [0.2, 0.25) is 0 Å². The third kappa shape index (κ3) is 4.60. The van der Waals surface area contributed by atoms with Crippen molar-refractivity contribution in [3.63, 3.8) is 0 Å². The third-order valence-corrected chi connectivity index (χ3v) is 5.36. The SMILES string of the molecule is CCCC1CCC(c2ccc(COc3cc(F)c(F)cc3F)cc2)CC1. The maximum absolute atomic E-state index is 13.6. The Kier molecular flexibility index (Phi) is 6.23. The van der Waals surface area contributed by atoms with E-state index in [1.54, 1.807) is 0 Å². The minimum absolute atomic E-state index is 0.117. The monoisotopic (exact) mass is 362 g/mol. The number of benzene rings is 2. The van der Waals surface area contributed by atoms with E-state index in [4.69, 9.17) is 4.74 Å². The van der Waals surface area contributed by atoms with Gasteiger partial charge >= 0.3 is 0 Å². The Hall–Kier alpha value is -1.97. The van der Waals surface area contributed by atoms with Crippen LogP contribution in [0.25, 0.3) is 0 Å². The van der Waals surface area contributed by atoms with Crippen molar-refractivity contribution < 1.29 is 17.9 Å². The van der Waals surface area contributed by atoms with E-state index in [0.29, 0.717) is 12.0 Å². The lowest BCUT2D eigenvalue weighted by atomic mass is 9.77. The maximum atomic E-state index is 13.6. The Bertz CT molecular complexity index is 719. The van der Waals surface area contributed by atoms with Crippen molar-refractivity contribution in [2.24, 2.45) is 5.92 Å². The van der Waals surface area contributed by atoms with Gasteiger partial charge in [0.2, 0.25) is 0 Å². The second kappa shape index (κ2) is 8.61. The molecule has 3 rings (SSSR count). The fourth-order valence-corrected chi connectivity index (χ4v) is 3.85. The lowest BCUT2D eigenvalue weighted by Crippen LogP contribution is -2.13. The van der Waals surface area contributed by atoms with Crippen molar-refractivity contribution in [1.82, 2.24) is 0 Å². The molecule has 0 amide bonds. The summed E-state index contributed by atoms with van der Waals surface area (Å²) in [4.78, 5) is 0. The van der Waals surface area contributed by atoms with Crippen LogP contribution in [0.3, 0.4) is 0 Å². The summed E-state index contributed by atoms with van der Waals surface area (Å²) in [7, 11) is 0. The molecule has 0 atom stereocenters. The summed E-state index contributed by atoms with van der Waals surface area (Å²) in [5, 5.41) is 0. The first kappa shape index (κ1) is 18.8. The van der Waals surface area contributed by atoms with E-state index in [2.05, 4.69) is 19.1 Å². The van der Waals surface area contributed by atoms with Crippen molar-refractivity contribution in [3.05, 3.63) is 65.0 Å². The molecule has 1 fully saturated rings. The van der Waals surface area contributed by atoms with Gasteiger partial charge in [-0.25, -0.2) is 13.2 Å². The zero-order chi connectivity index (χ0) is 18.5. The second-order valence-electron chi connectivity index (χ2n) is 7.23. The first-order valence-corrected chi connectivity index (χ1v) is 9.43. The van der Waals surface area contributed by atoms with E-state index in [1.165, 1.54) is 44.1 Å². The van der Waals surface area contributed by atoms with Crippen molar-refractivity contribution in [2.45, 2.75) is 58.0 Å². The van der Waals surface area contributed by atoms with Gasteiger partial charge in [0.05, 0.1) is 0 Å². The summed E-state index contributed by atoms with van der Waals surface area (Å²) < 4.78 is 45.0. The van der Waals surface area contributed by atoms with E-state index < -0.39 is 17.5 Å². The number of ether oxygens (including phenoxy) is 1. The van der Waals surface area contributed by atoms with Crippen molar-refractivity contribution >= 4 is 0 Å². The average Bonchev–Trinajstić information content (AvgIpc) is 2.65. The lowest BCUT2D eigenvalue weighted by molar-refractivity contribution is 0.286. The Balaban J connectivity index is 1.56. The van der Waals surface area contributed by atoms with Crippen LogP contribution >= 0.6 is 0 Å². The van der Waals surface area contributed by atoms with Crippen LogP contribution in [0.4, 0.5) is 13.2 Å². The number of hydrogen-bond donors (Lipinski definition) is 0. The number of halogens is 3. The Morgan fingerprint density at radius 2 is 1.54 bits per heavy atom. The first-order valence-electron chi connectivity index (χ1n) is 9.43. The topological polar surface area (TPSA) is 9.23 Å². The van der Waals surface area contributed by atoms with E-state index in [0.717, 1.165) is 17.5 Å². The Morgan fingerprint density at radius 3 is 2.19 bits per heavy atom. The molecule has 2 aromatic rings. The van der Waals surface area contributed by atoms with Gasteiger partial charge in [0, 0.05) is 12.1 Å². The molecule has 1 aliphatic carbocycles. The highest BCUT2D eigenvalue weighted by molar-refractivity contribution is 5.28. The van der Waals surface area contributed by atoms with Gasteiger partial charge in [-0.1, -0.05) is 44.0 Å². The molecule has 26 heavy (non-hydrogen) atoms. The lowest BCUT2D eigenvalue weighted by Gasteiger charge is -2.28. The predicted molar refractivity (Wildman–Crippen MR) is 96.7 cm³/mol. The van der Waals surface area contributed by atoms with Crippen LogP contribution in [0.1, 0.15) is 62.5 Å². The second-order valence-corrected chi connectivity index (χ2v) is 7.23. The number of rotatable bonds is 6. The molecule has 0 heterocycles. The molecular formula is C22H25F3O. The molecule has 0 unspecified atom stereocenters. The van der Waals surface area contributed by atoms with Gasteiger partial charge in [-0.15, -0.1) is 0 Å². The summed E-state index contributed by atoms with van der Waals surface area (Å²) in [6.07, 6.45) is 7.69. The highest BCUT2D eigenvalue weighted by Gasteiger charge is 2.21. The van der Waals surface area contributed by atoms with E-state index >= 15 is 0 Å². The van der Waals surface area contributed by atoms with Crippen LogP contribution in [0, 0.1) is 23.4 Å². The van der Waals surface area contributed by atoms with Gasteiger partial charge in [-0.05, 0) is 48.6 Å². The van der Waals surface area contributed by atoms with Crippen molar-refractivity contribution in [1.29, 1.82) is 0 Å². The van der Waals surface area contributed by atoms with Gasteiger partial charge in [0.1, 0.15) is 6.61 Å². The van der Waals surface area contributed by atoms with E-state index in [-0.39, 0.29) is 12.4 Å². The highest BCUT2D eigenvalue weighted by Crippen LogP contribution is 2.37. The van der Waals surface area contributed by atoms with Crippen LogP contribution in [-0.2, 0) is 6.61 Å². The molecule has 0 bridgehead atoms. The maximum Gasteiger partial charge on any atom is 0.168 e. The van der Waals surface area contributed by atoms with Gasteiger partial charge in [0.15, 0.2) is 23.2 Å². The molecule has 0 spiro atoms. The van der Waals surface area contributed by atoms with Crippen LogP contribution in [0.5, 0.6) is 5.75 Å². The minimum Gasteiger partial charge on any atom is -0.486 e. The van der Waals surface area contributed by atoms with Crippen LogP contribution in [-0.4, -0.2) is 0 Å². The molecule has 0 saturated heterocycles. The summed E-state index contributed by atoms with van der Waals surface area (Å²) in [6.45, 7) is 2.37. The molecule has 2 aromatic carbocycles. The number of hydrogen-bond acceptors (Lipinski definition) is 1. The average molecular weight is 362 g/mol. The van der Waals surface area contributed by atoms with Gasteiger partial charge < -0.3 is 4.74 Å². The normalized spacial score (nSPS) is 20.2. The van der Waals surface area contributed by atoms with E-state index in [9.17, 15) is 13.2 Å². The largest absolute Gasteiger partial charge is 0.486 e. The summed E-state index contributed by atoms with van der Waals surface area (Å²) >= 11 is 0. The zero-order valence-electron chi connectivity index (χ0n) is 15.1. The Morgan fingerprint density at radius 1 is 0.885 bits per heavy atom. The predicted octanol–water partition coefficient (Wildman–Crippen LogP) is 6.76. The first-order chi connectivity index (χ1) is 12.6. The summed E-state index contributed by atoms with van der Waals surface area (Å²) in [6, 6.07) is 9.38. The molecule has 1 nitrogen and oxygen atoms in total. The Labute approximate surface area is 153 Å². The molecule has 0 aliphatic heterocycles. The van der Waals surface area contributed by atoms with E-state index in [1.807, 2.05) is 12.1 Å². The molecule has 1 saturated carbocycles. The molecule has 0 N–H and O–H groups in total. The highest BCUT2D eigenvalue weighted by atomic mass is 19.2. The van der Waals surface area contributed by atoms with Gasteiger partial charge in [-0.3, -0.25) is 0 Å². The standard InChI is InChI=1S/C22H25F3O/c1-2-3-15-4-8-17(9-5-15)18-10-6-16(7-11-18)14-26-22-13-20(24)19(23)12-21(22)25/h6-7,10-13,15,17H,2-5,8-9,14H2,1H3. The fourth-order valence-electron chi connectivity index (χ4n) is 3.85. The molecule has 1 aliphatic rings. The molecular weight excluding hydrogens is 337 g/mol. The summed E-state index contributed by atoms with van der Waals surface area (Å²) in [5.74, 6) is -2.01. The molecule has 0 aromatic heterocycles. The molecule has 4 heteroatoms. The van der Waals surface area contributed by atoms with Crippen molar-refractivity contribution in [3.8, 4) is 5.75 Å². The smallest absolute Gasteiger partial charge is 0.168 e. The molecule has 0 radical (unpaired) electrons. The van der Waals surface area contributed by atoms with Crippen LogP contribution in [0.15, 0.2) is 36.4 Å². The van der Waals surface area contributed by atoms with Crippen molar-refractivity contribution in [2.75, 3.05) is 0 Å². The van der Waals surface area contributed by atoms with Gasteiger partial charge in [0.25, 0.3) is 0 Å². The molecule has 140 valence electrons. The zero-order valence-corrected chi connectivity index (χ0v) is 15.1. The quantitative estimate of drug-likeness (QED) is 0.516. The third-order valence-electron chi connectivity index (χ3n) is 5.36. The fraction of sp³-hybridized carbons (Fsp3) is 0.455. The summed E-state index contributed by atoms with van der Waals surface area (Å²) in [5.41, 5.74) is 2.21.